The van der Waals surface area contributed by atoms with Crippen LogP contribution in [0.2, 0.25) is 0 Å². The maximum Gasteiger partial charge on any atom is 0.257 e. The van der Waals surface area contributed by atoms with Gasteiger partial charge in [-0.25, -0.2) is 13.1 Å². The van der Waals surface area contributed by atoms with Crippen LogP contribution in [0, 0.1) is 6.92 Å². The summed E-state index contributed by atoms with van der Waals surface area (Å²) in [5.74, 6) is 0.841. The molecule has 1 atom stereocenters. The SMILES string of the molecule is Cc1noc(-c2ccc(C(=O)N3CCC[C@H](NS(C)(=O)=O)C3)cc2)n1. The Labute approximate surface area is 146 Å². The zero-order chi connectivity index (χ0) is 18.0. The lowest BCUT2D eigenvalue weighted by molar-refractivity contribution is 0.0703. The topological polar surface area (TPSA) is 105 Å². The van der Waals surface area contributed by atoms with Crippen molar-refractivity contribution in [3.63, 3.8) is 0 Å². The van der Waals surface area contributed by atoms with Crippen molar-refractivity contribution in [2.75, 3.05) is 19.3 Å². The van der Waals surface area contributed by atoms with Gasteiger partial charge in [0.2, 0.25) is 10.0 Å². The molecule has 2 aromatic rings. The fourth-order valence-corrected chi connectivity index (χ4v) is 3.71. The normalized spacial score (nSPS) is 18.3. The number of carbonyl (C=O) groups excluding carboxylic acids is 1. The van der Waals surface area contributed by atoms with E-state index in [2.05, 4.69) is 14.9 Å². The minimum absolute atomic E-state index is 0.117. The monoisotopic (exact) mass is 364 g/mol. The zero-order valence-electron chi connectivity index (χ0n) is 14.1. The number of nitrogens with zero attached hydrogens (tertiary/aromatic N) is 3. The Balaban J connectivity index is 1.70. The lowest BCUT2D eigenvalue weighted by Crippen LogP contribution is -2.49. The maximum atomic E-state index is 12.7. The molecule has 8 nitrogen and oxygen atoms in total. The van der Waals surface area contributed by atoms with Gasteiger partial charge in [-0.1, -0.05) is 5.16 Å². The molecule has 1 aromatic heterocycles. The third-order valence-corrected chi connectivity index (χ3v) is 4.76. The molecule has 2 heterocycles. The second-order valence-corrected chi connectivity index (χ2v) is 7.98. The molecule has 1 fully saturated rings. The van der Waals surface area contributed by atoms with Crippen molar-refractivity contribution in [3.05, 3.63) is 35.7 Å². The molecule has 3 rings (SSSR count). The number of likely N-dealkylation sites (tertiary alicyclic amines) is 1. The van der Waals surface area contributed by atoms with Crippen LogP contribution >= 0.6 is 0 Å². The minimum Gasteiger partial charge on any atom is -0.337 e. The largest absolute Gasteiger partial charge is 0.337 e. The van der Waals surface area contributed by atoms with E-state index in [0.717, 1.165) is 24.7 Å². The number of nitrogens with one attached hydrogen (secondary N) is 1. The summed E-state index contributed by atoms with van der Waals surface area (Å²) < 4.78 is 30.5. The van der Waals surface area contributed by atoms with E-state index in [4.69, 9.17) is 4.52 Å². The second-order valence-electron chi connectivity index (χ2n) is 6.20. The highest BCUT2D eigenvalue weighted by Gasteiger charge is 2.26. The van der Waals surface area contributed by atoms with Gasteiger partial charge in [-0.3, -0.25) is 4.79 Å². The molecule has 1 aliphatic heterocycles. The van der Waals surface area contributed by atoms with Crippen LogP contribution in [0.25, 0.3) is 11.5 Å². The zero-order valence-corrected chi connectivity index (χ0v) is 14.9. The van der Waals surface area contributed by atoms with Crippen molar-refractivity contribution >= 4 is 15.9 Å². The van der Waals surface area contributed by atoms with Gasteiger partial charge in [-0.2, -0.15) is 4.98 Å². The third kappa shape index (κ3) is 4.43. The quantitative estimate of drug-likeness (QED) is 0.874. The van der Waals surface area contributed by atoms with Crippen LogP contribution in [0.3, 0.4) is 0 Å². The van der Waals surface area contributed by atoms with Crippen molar-refractivity contribution in [1.29, 1.82) is 0 Å². The molecular formula is C16H20N4O4S. The number of sulfonamides is 1. The van der Waals surface area contributed by atoms with Crippen LogP contribution in [-0.2, 0) is 10.0 Å². The van der Waals surface area contributed by atoms with Crippen LogP contribution in [-0.4, -0.2) is 54.8 Å². The fraction of sp³-hybridized carbons (Fsp3) is 0.438. The molecule has 0 unspecified atom stereocenters. The number of hydrogen-bond acceptors (Lipinski definition) is 6. The summed E-state index contributed by atoms with van der Waals surface area (Å²) in [6.45, 7) is 2.73. The molecule has 134 valence electrons. The number of hydrogen-bond donors (Lipinski definition) is 1. The molecule has 0 saturated carbocycles. The molecule has 0 bridgehead atoms. The molecule has 1 amide bonds. The van der Waals surface area contributed by atoms with E-state index in [9.17, 15) is 13.2 Å². The van der Waals surface area contributed by atoms with Gasteiger partial charge in [-0.15, -0.1) is 0 Å². The maximum absolute atomic E-state index is 12.7. The Kier molecular flexibility index (Phi) is 4.87. The van der Waals surface area contributed by atoms with E-state index in [1.165, 1.54) is 0 Å². The van der Waals surface area contributed by atoms with Crippen molar-refractivity contribution in [2.45, 2.75) is 25.8 Å². The lowest BCUT2D eigenvalue weighted by atomic mass is 10.0. The predicted octanol–water partition coefficient (Wildman–Crippen LogP) is 1.20. The number of piperidine rings is 1. The molecule has 0 radical (unpaired) electrons. The van der Waals surface area contributed by atoms with Crippen LogP contribution < -0.4 is 4.72 Å². The number of carbonyl (C=O) groups is 1. The Hall–Kier alpha value is -2.26. The summed E-state index contributed by atoms with van der Waals surface area (Å²) in [5.41, 5.74) is 1.28. The van der Waals surface area contributed by atoms with Gasteiger partial charge in [0.05, 0.1) is 6.26 Å². The Morgan fingerprint density at radius 2 is 2.04 bits per heavy atom. The molecule has 25 heavy (non-hydrogen) atoms. The summed E-state index contributed by atoms with van der Waals surface area (Å²) >= 11 is 0. The van der Waals surface area contributed by atoms with Crippen molar-refractivity contribution in [1.82, 2.24) is 19.8 Å². The smallest absolute Gasteiger partial charge is 0.257 e. The van der Waals surface area contributed by atoms with Gasteiger partial charge in [0.25, 0.3) is 11.8 Å². The highest BCUT2D eigenvalue weighted by atomic mass is 32.2. The van der Waals surface area contributed by atoms with E-state index in [0.29, 0.717) is 30.4 Å². The first kappa shape index (κ1) is 17.6. The van der Waals surface area contributed by atoms with Crippen molar-refractivity contribution in [2.24, 2.45) is 0 Å². The number of rotatable bonds is 4. The molecule has 1 aliphatic rings. The van der Waals surface area contributed by atoms with E-state index in [1.807, 2.05) is 0 Å². The van der Waals surface area contributed by atoms with Gasteiger partial charge >= 0.3 is 0 Å². The molecular weight excluding hydrogens is 344 g/mol. The number of aryl methyl sites for hydroxylation is 1. The van der Waals surface area contributed by atoms with Gasteiger partial charge in [-0.05, 0) is 44.0 Å². The van der Waals surface area contributed by atoms with Crippen LogP contribution in [0.5, 0.6) is 0 Å². The number of amides is 1. The lowest BCUT2D eigenvalue weighted by Gasteiger charge is -2.32. The van der Waals surface area contributed by atoms with Crippen LogP contribution in [0.1, 0.15) is 29.0 Å². The molecule has 1 saturated heterocycles. The van der Waals surface area contributed by atoms with Crippen LogP contribution in [0.4, 0.5) is 0 Å². The Morgan fingerprint density at radius 1 is 1.32 bits per heavy atom. The third-order valence-electron chi connectivity index (χ3n) is 4.00. The summed E-state index contributed by atoms with van der Waals surface area (Å²) in [4.78, 5) is 18.5. The molecule has 9 heteroatoms. The van der Waals surface area contributed by atoms with Crippen LogP contribution in [0.15, 0.2) is 28.8 Å². The van der Waals surface area contributed by atoms with Gasteiger partial charge < -0.3 is 9.42 Å². The highest BCUT2D eigenvalue weighted by molar-refractivity contribution is 7.88. The van der Waals surface area contributed by atoms with E-state index in [-0.39, 0.29) is 11.9 Å². The van der Waals surface area contributed by atoms with E-state index in [1.54, 1.807) is 36.1 Å². The van der Waals surface area contributed by atoms with Crippen molar-refractivity contribution < 1.29 is 17.7 Å². The minimum atomic E-state index is -3.28. The summed E-state index contributed by atoms with van der Waals surface area (Å²) in [6, 6.07) is 6.70. The first-order chi connectivity index (χ1) is 11.8. The molecule has 1 aromatic carbocycles. The highest BCUT2D eigenvalue weighted by Crippen LogP contribution is 2.20. The standard InChI is InChI=1S/C16H20N4O4S/c1-11-17-15(24-18-11)12-5-7-13(8-6-12)16(21)20-9-3-4-14(10-20)19-25(2,22)23/h5-8,14,19H,3-4,9-10H2,1-2H3/t14-/m0/s1. The van der Waals surface area contributed by atoms with E-state index < -0.39 is 10.0 Å². The Morgan fingerprint density at radius 3 is 2.64 bits per heavy atom. The predicted molar refractivity (Wildman–Crippen MR) is 91.4 cm³/mol. The Bertz CT molecular complexity index is 861. The first-order valence-electron chi connectivity index (χ1n) is 7.99. The fourth-order valence-electron chi connectivity index (χ4n) is 2.91. The number of benzene rings is 1. The summed E-state index contributed by atoms with van der Waals surface area (Å²) in [5, 5.41) is 3.74. The van der Waals surface area contributed by atoms with Crippen molar-refractivity contribution in [3.8, 4) is 11.5 Å². The summed E-state index contributed by atoms with van der Waals surface area (Å²) in [6.07, 6.45) is 2.62. The number of aromatic nitrogens is 2. The molecule has 0 aliphatic carbocycles. The first-order valence-corrected chi connectivity index (χ1v) is 9.88. The summed E-state index contributed by atoms with van der Waals surface area (Å²) in [7, 11) is -3.28. The van der Waals surface area contributed by atoms with E-state index >= 15 is 0 Å². The molecule has 0 spiro atoms. The van der Waals surface area contributed by atoms with Gasteiger partial charge in [0.1, 0.15) is 0 Å². The average Bonchev–Trinajstić information content (AvgIpc) is 2.99. The second kappa shape index (κ2) is 6.93. The molecule has 1 N–H and O–H groups in total. The van der Waals surface area contributed by atoms with Gasteiger partial charge in [0, 0.05) is 30.3 Å². The average molecular weight is 364 g/mol. The van der Waals surface area contributed by atoms with Gasteiger partial charge in [0.15, 0.2) is 5.82 Å².